The number of alkyl halides is 3. The molecule has 0 saturated carbocycles. The summed E-state index contributed by atoms with van der Waals surface area (Å²) in [6.07, 6.45) is -4.71. The first-order chi connectivity index (χ1) is 8.39. The van der Waals surface area contributed by atoms with Crippen LogP contribution in [0, 0.1) is 5.82 Å². The topological polar surface area (TPSA) is 26.0 Å². The van der Waals surface area contributed by atoms with Crippen molar-refractivity contribution in [1.29, 1.82) is 0 Å². The van der Waals surface area contributed by atoms with Gasteiger partial charge in [0.15, 0.2) is 0 Å². The molecule has 0 amide bonds. The van der Waals surface area contributed by atoms with Crippen molar-refractivity contribution in [3.8, 4) is 0 Å². The van der Waals surface area contributed by atoms with Crippen molar-refractivity contribution in [2.24, 2.45) is 5.73 Å². The molecular formula is C12H9F4NS. The van der Waals surface area contributed by atoms with Crippen LogP contribution in [0.4, 0.5) is 17.6 Å². The third-order valence-electron chi connectivity index (χ3n) is 2.56. The van der Waals surface area contributed by atoms with Gasteiger partial charge in [0.25, 0.3) is 0 Å². The van der Waals surface area contributed by atoms with Crippen molar-refractivity contribution >= 4 is 11.3 Å². The summed E-state index contributed by atoms with van der Waals surface area (Å²) in [4.78, 5) is 0. The second-order valence-electron chi connectivity index (χ2n) is 3.77. The van der Waals surface area contributed by atoms with Gasteiger partial charge in [-0.1, -0.05) is 6.07 Å². The first kappa shape index (κ1) is 13.0. The van der Waals surface area contributed by atoms with Crippen molar-refractivity contribution < 1.29 is 17.6 Å². The minimum Gasteiger partial charge on any atom is -0.320 e. The smallest absolute Gasteiger partial charge is 0.320 e. The van der Waals surface area contributed by atoms with Crippen LogP contribution in [0.15, 0.2) is 35.0 Å². The van der Waals surface area contributed by atoms with Crippen molar-refractivity contribution in [2.45, 2.75) is 12.2 Å². The Kier molecular flexibility index (Phi) is 3.41. The van der Waals surface area contributed by atoms with Crippen molar-refractivity contribution in [1.82, 2.24) is 0 Å². The van der Waals surface area contributed by atoms with Crippen molar-refractivity contribution in [2.75, 3.05) is 0 Å². The molecule has 1 nitrogen and oxygen atoms in total. The molecule has 1 atom stereocenters. The van der Waals surface area contributed by atoms with Crippen molar-refractivity contribution in [3.05, 3.63) is 57.5 Å². The lowest BCUT2D eigenvalue weighted by molar-refractivity contribution is -0.140. The molecule has 1 aromatic heterocycles. The van der Waals surface area contributed by atoms with Gasteiger partial charge in [-0.2, -0.15) is 24.5 Å². The lowest BCUT2D eigenvalue weighted by Crippen LogP contribution is -2.14. The molecule has 2 aromatic rings. The van der Waals surface area contributed by atoms with Crippen LogP contribution in [0.3, 0.4) is 0 Å². The molecule has 0 aliphatic carbocycles. The van der Waals surface area contributed by atoms with Gasteiger partial charge in [0.1, 0.15) is 5.82 Å². The molecule has 2 rings (SSSR count). The second-order valence-corrected chi connectivity index (χ2v) is 4.55. The van der Waals surface area contributed by atoms with Crippen LogP contribution in [0.2, 0.25) is 0 Å². The Balaban J connectivity index is 2.42. The first-order valence-electron chi connectivity index (χ1n) is 5.04. The van der Waals surface area contributed by atoms with Gasteiger partial charge in [0, 0.05) is 0 Å². The van der Waals surface area contributed by atoms with Gasteiger partial charge >= 0.3 is 6.18 Å². The molecule has 0 bridgehead atoms. The number of rotatable bonds is 2. The zero-order chi connectivity index (χ0) is 13.3. The zero-order valence-corrected chi connectivity index (χ0v) is 9.86. The predicted octanol–water partition coefficient (Wildman–Crippen LogP) is 3.95. The zero-order valence-electron chi connectivity index (χ0n) is 9.04. The van der Waals surface area contributed by atoms with E-state index in [2.05, 4.69) is 0 Å². The third kappa shape index (κ3) is 2.54. The van der Waals surface area contributed by atoms with Crippen LogP contribution >= 0.6 is 11.3 Å². The minimum atomic E-state index is -4.71. The van der Waals surface area contributed by atoms with E-state index >= 15 is 0 Å². The Hall–Kier alpha value is -1.40. The standard InChI is InChI=1S/C12H9F4NS/c13-10-2-1-7(5-9(10)12(14,15)16)11(17)8-3-4-18-6-8/h1-6,11H,17H2/t11-/m0/s1. The number of nitrogens with two attached hydrogens (primary N) is 1. The highest BCUT2D eigenvalue weighted by atomic mass is 32.1. The average molecular weight is 275 g/mol. The average Bonchev–Trinajstić information content (AvgIpc) is 2.80. The maximum absolute atomic E-state index is 13.1. The first-order valence-corrected chi connectivity index (χ1v) is 5.98. The summed E-state index contributed by atoms with van der Waals surface area (Å²) in [5.74, 6) is -1.29. The Bertz CT molecular complexity index is 534. The van der Waals surface area contributed by atoms with Gasteiger partial charge in [-0.05, 0) is 40.1 Å². The Morgan fingerprint density at radius 3 is 2.39 bits per heavy atom. The Labute approximate surface area is 105 Å². The molecule has 2 N–H and O–H groups in total. The van der Waals surface area contributed by atoms with Crippen LogP contribution in [-0.2, 0) is 6.18 Å². The van der Waals surface area contributed by atoms with Crippen LogP contribution in [0.1, 0.15) is 22.7 Å². The molecular weight excluding hydrogens is 266 g/mol. The van der Waals surface area contributed by atoms with Gasteiger partial charge in [0.2, 0.25) is 0 Å². The molecule has 0 saturated heterocycles. The SMILES string of the molecule is N[C@H](c1ccsc1)c1ccc(F)c(C(F)(F)F)c1. The number of hydrogen-bond donors (Lipinski definition) is 1. The fourth-order valence-electron chi connectivity index (χ4n) is 1.60. The van der Waals surface area contributed by atoms with Gasteiger partial charge in [-0.3, -0.25) is 0 Å². The van der Waals surface area contributed by atoms with Gasteiger partial charge in [0.05, 0.1) is 11.6 Å². The Morgan fingerprint density at radius 2 is 1.83 bits per heavy atom. The van der Waals surface area contributed by atoms with Crippen LogP contribution < -0.4 is 5.73 Å². The highest BCUT2D eigenvalue weighted by Gasteiger charge is 2.34. The van der Waals surface area contributed by atoms with Gasteiger partial charge in [-0.25, -0.2) is 4.39 Å². The van der Waals surface area contributed by atoms with Crippen LogP contribution in [-0.4, -0.2) is 0 Å². The molecule has 0 spiro atoms. The second kappa shape index (κ2) is 4.70. The monoisotopic (exact) mass is 275 g/mol. The summed E-state index contributed by atoms with van der Waals surface area (Å²) in [7, 11) is 0. The molecule has 6 heteroatoms. The van der Waals surface area contributed by atoms with E-state index in [-0.39, 0.29) is 5.56 Å². The molecule has 0 aliphatic heterocycles. The highest BCUT2D eigenvalue weighted by molar-refractivity contribution is 7.08. The van der Waals surface area contributed by atoms with Gasteiger partial charge in [-0.15, -0.1) is 0 Å². The summed E-state index contributed by atoms with van der Waals surface area (Å²) in [6.45, 7) is 0. The van der Waals surface area contributed by atoms with E-state index in [1.54, 1.807) is 16.8 Å². The minimum absolute atomic E-state index is 0.238. The predicted molar refractivity (Wildman–Crippen MR) is 61.8 cm³/mol. The molecule has 1 aromatic carbocycles. The molecule has 0 unspecified atom stereocenters. The maximum Gasteiger partial charge on any atom is 0.419 e. The summed E-state index contributed by atoms with van der Waals surface area (Å²) < 4.78 is 50.8. The van der Waals surface area contributed by atoms with E-state index in [0.29, 0.717) is 5.56 Å². The van der Waals surface area contributed by atoms with E-state index in [4.69, 9.17) is 5.73 Å². The van der Waals surface area contributed by atoms with Crippen molar-refractivity contribution in [3.63, 3.8) is 0 Å². The quantitative estimate of drug-likeness (QED) is 0.825. The third-order valence-corrected chi connectivity index (χ3v) is 3.26. The molecule has 0 radical (unpaired) electrons. The van der Waals surface area contributed by atoms with E-state index in [1.165, 1.54) is 17.4 Å². The summed E-state index contributed by atoms with van der Waals surface area (Å²) in [5, 5.41) is 3.53. The number of hydrogen-bond acceptors (Lipinski definition) is 2. The van der Waals surface area contributed by atoms with E-state index < -0.39 is 23.6 Å². The molecule has 0 aliphatic rings. The summed E-state index contributed by atoms with van der Waals surface area (Å²) in [6, 6.07) is 3.87. The molecule has 96 valence electrons. The lowest BCUT2D eigenvalue weighted by Gasteiger charge is -2.14. The number of benzene rings is 1. The lowest BCUT2D eigenvalue weighted by atomic mass is 10.00. The maximum atomic E-state index is 13.1. The van der Waals surface area contributed by atoms with Crippen LogP contribution in [0.5, 0.6) is 0 Å². The molecule has 1 heterocycles. The van der Waals surface area contributed by atoms with Crippen LogP contribution in [0.25, 0.3) is 0 Å². The summed E-state index contributed by atoms with van der Waals surface area (Å²) in [5.41, 5.74) is 5.50. The largest absolute Gasteiger partial charge is 0.419 e. The fraction of sp³-hybridized carbons (Fsp3) is 0.167. The van der Waals surface area contributed by atoms with E-state index in [9.17, 15) is 17.6 Å². The number of halogens is 4. The molecule has 18 heavy (non-hydrogen) atoms. The van der Waals surface area contributed by atoms with E-state index in [0.717, 1.165) is 12.1 Å². The normalized spacial score (nSPS) is 13.6. The fourth-order valence-corrected chi connectivity index (χ4v) is 2.29. The van der Waals surface area contributed by atoms with E-state index in [1.807, 2.05) is 0 Å². The number of thiophene rings is 1. The highest BCUT2D eigenvalue weighted by Crippen LogP contribution is 2.33. The summed E-state index contributed by atoms with van der Waals surface area (Å²) >= 11 is 1.40. The molecule has 0 fully saturated rings. The Morgan fingerprint density at radius 1 is 1.11 bits per heavy atom. The van der Waals surface area contributed by atoms with Gasteiger partial charge < -0.3 is 5.73 Å².